The van der Waals surface area contributed by atoms with Crippen molar-refractivity contribution in [2.75, 3.05) is 20.3 Å². The summed E-state index contributed by atoms with van der Waals surface area (Å²) in [5.41, 5.74) is 0. The highest BCUT2D eigenvalue weighted by atomic mass is 32.1. The van der Waals surface area contributed by atoms with Crippen LogP contribution in [0.15, 0.2) is 22.8 Å². The zero-order valence-electron chi connectivity index (χ0n) is 10.4. The second-order valence-corrected chi connectivity index (χ2v) is 4.99. The van der Waals surface area contributed by atoms with Crippen molar-refractivity contribution in [2.24, 2.45) is 0 Å². The molecule has 5 nitrogen and oxygen atoms in total. The number of rotatable bonds is 8. The van der Waals surface area contributed by atoms with Crippen molar-refractivity contribution in [1.29, 1.82) is 0 Å². The fourth-order valence-electron chi connectivity index (χ4n) is 1.52. The van der Waals surface area contributed by atoms with Gasteiger partial charge >= 0.3 is 0 Å². The maximum Gasteiger partial charge on any atom is 0.131 e. The third-order valence-corrected chi connectivity index (χ3v) is 3.42. The number of nitrogens with zero attached hydrogens (tertiary/aromatic N) is 2. The van der Waals surface area contributed by atoms with Crippen LogP contribution in [0.5, 0.6) is 0 Å². The Balaban J connectivity index is 1.72. The van der Waals surface area contributed by atoms with E-state index >= 15 is 0 Å². The highest BCUT2D eigenvalue weighted by Crippen LogP contribution is 2.13. The molecular formula is C12H17N3O2S. The van der Waals surface area contributed by atoms with Crippen LogP contribution in [-0.2, 0) is 24.1 Å². The lowest BCUT2D eigenvalue weighted by Crippen LogP contribution is -2.18. The van der Waals surface area contributed by atoms with Crippen molar-refractivity contribution >= 4 is 11.3 Å². The summed E-state index contributed by atoms with van der Waals surface area (Å²) in [5.74, 6) is 0.991. The zero-order valence-corrected chi connectivity index (χ0v) is 11.2. The van der Waals surface area contributed by atoms with Crippen LogP contribution in [0.4, 0.5) is 0 Å². The molecule has 18 heavy (non-hydrogen) atoms. The Bertz CT molecular complexity index is 442. The largest absolute Gasteiger partial charge is 0.469 e. The Labute approximate surface area is 110 Å². The first-order valence-electron chi connectivity index (χ1n) is 5.92. The van der Waals surface area contributed by atoms with Crippen LogP contribution in [0.1, 0.15) is 15.8 Å². The van der Waals surface area contributed by atoms with E-state index in [0.29, 0.717) is 6.61 Å². The first kappa shape index (κ1) is 13.2. The first-order chi connectivity index (χ1) is 8.88. The number of hydrogen-bond donors (Lipinski definition) is 1. The van der Waals surface area contributed by atoms with E-state index < -0.39 is 0 Å². The summed E-state index contributed by atoms with van der Waals surface area (Å²) in [6.45, 7) is 2.30. The van der Waals surface area contributed by atoms with Crippen molar-refractivity contribution in [2.45, 2.75) is 19.4 Å². The summed E-state index contributed by atoms with van der Waals surface area (Å²) in [7, 11) is 1.69. The van der Waals surface area contributed by atoms with Gasteiger partial charge in [0.15, 0.2) is 0 Å². The SMILES string of the molecule is COCCNCc1nnc(CCc2ccco2)s1. The van der Waals surface area contributed by atoms with E-state index in [1.807, 2.05) is 12.1 Å². The molecule has 2 heterocycles. The molecule has 0 unspecified atom stereocenters. The third kappa shape index (κ3) is 4.21. The molecule has 0 radical (unpaired) electrons. The lowest BCUT2D eigenvalue weighted by molar-refractivity contribution is 0.199. The van der Waals surface area contributed by atoms with E-state index in [4.69, 9.17) is 9.15 Å². The highest BCUT2D eigenvalue weighted by molar-refractivity contribution is 7.11. The molecule has 6 heteroatoms. The number of ether oxygens (including phenoxy) is 1. The Kier molecular flexibility index (Phi) is 5.32. The number of methoxy groups -OCH3 is 1. The quantitative estimate of drug-likeness (QED) is 0.737. The summed E-state index contributed by atoms with van der Waals surface area (Å²) < 4.78 is 10.2. The molecular weight excluding hydrogens is 250 g/mol. The van der Waals surface area contributed by atoms with Crippen LogP contribution < -0.4 is 5.32 Å². The predicted molar refractivity (Wildman–Crippen MR) is 69.6 cm³/mol. The van der Waals surface area contributed by atoms with Gasteiger partial charge in [-0.2, -0.15) is 0 Å². The molecule has 0 aliphatic carbocycles. The second kappa shape index (κ2) is 7.25. The van der Waals surface area contributed by atoms with Crippen LogP contribution in [0.25, 0.3) is 0 Å². The average molecular weight is 267 g/mol. The minimum atomic E-state index is 0.712. The maximum absolute atomic E-state index is 5.28. The van der Waals surface area contributed by atoms with E-state index in [2.05, 4.69) is 15.5 Å². The summed E-state index contributed by atoms with van der Waals surface area (Å²) in [4.78, 5) is 0. The van der Waals surface area contributed by atoms with E-state index in [0.717, 1.165) is 41.7 Å². The van der Waals surface area contributed by atoms with Gasteiger partial charge in [0.2, 0.25) is 0 Å². The molecule has 1 N–H and O–H groups in total. The molecule has 2 aromatic rings. The molecule has 0 aliphatic heterocycles. The predicted octanol–water partition coefficient (Wildman–Crippen LogP) is 1.65. The minimum Gasteiger partial charge on any atom is -0.469 e. The minimum absolute atomic E-state index is 0.712. The van der Waals surface area contributed by atoms with Gasteiger partial charge in [-0.15, -0.1) is 21.5 Å². The number of aromatic nitrogens is 2. The van der Waals surface area contributed by atoms with Crippen LogP contribution >= 0.6 is 11.3 Å². The normalized spacial score (nSPS) is 10.9. The molecule has 98 valence electrons. The molecule has 0 atom stereocenters. The van der Waals surface area contributed by atoms with Gasteiger partial charge in [-0.25, -0.2) is 0 Å². The topological polar surface area (TPSA) is 60.2 Å². The summed E-state index contributed by atoms with van der Waals surface area (Å²) >= 11 is 1.65. The van der Waals surface area contributed by atoms with Gasteiger partial charge in [0.05, 0.1) is 12.9 Å². The van der Waals surface area contributed by atoms with Crippen LogP contribution in [-0.4, -0.2) is 30.5 Å². The van der Waals surface area contributed by atoms with Crippen LogP contribution in [0.2, 0.25) is 0 Å². The molecule has 0 fully saturated rings. The third-order valence-electron chi connectivity index (χ3n) is 2.43. The van der Waals surface area contributed by atoms with Gasteiger partial charge in [-0.1, -0.05) is 0 Å². The first-order valence-corrected chi connectivity index (χ1v) is 6.73. The Morgan fingerprint density at radius 2 is 2.22 bits per heavy atom. The number of nitrogens with one attached hydrogen (secondary N) is 1. The monoisotopic (exact) mass is 267 g/mol. The Hall–Kier alpha value is -1.24. The van der Waals surface area contributed by atoms with Gasteiger partial charge in [0, 0.05) is 33.0 Å². The van der Waals surface area contributed by atoms with E-state index in [-0.39, 0.29) is 0 Å². The van der Waals surface area contributed by atoms with E-state index in [9.17, 15) is 0 Å². The van der Waals surface area contributed by atoms with Gasteiger partial charge in [0.1, 0.15) is 15.8 Å². The van der Waals surface area contributed by atoms with Gasteiger partial charge in [0.25, 0.3) is 0 Å². The van der Waals surface area contributed by atoms with Gasteiger partial charge < -0.3 is 14.5 Å². The fourth-order valence-corrected chi connectivity index (χ4v) is 2.33. The maximum atomic E-state index is 5.28. The summed E-state index contributed by atoms with van der Waals surface area (Å²) in [6.07, 6.45) is 3.45. The van der Waals surface area contributed by atoms with Crippen molar-refractivity contribution < 1.29 is 9.15 Å². The second-order valence-electron chi connectivity index (χ2n) is 3.84. The zero-order chi connectivity index (χ0) is 12.6. The smallest absolute Gasteiger partial charge is 0.131 e. The van der Waals surface area contributed by atoms with E-state index in [1.165, 1.54) is 0 Å². The fraction of sp³-hybridized carbons (Fsp3) is 0.500. The number of hydrogen-bond acceptors (Lipinski definition) is 6. The summed E-state index contributed by atoms with van der Waals surface area (Å²) in [5, 5.41) is 13.6. The molecule has 2 aromatic heterocycles. The lowest BCUT2D eigenvalue weighted by atomic mass is 10.2. The average Bonchev–Trinajstić information content (AvgIpc) is 3.03. The molecule has 0 bridgehead atoms. The molecule has 0 saturated heterocycles. The lowest BCUT2D eigenvalue weighted by Gasteiger charge is -1.99. The molecule has 2 rings (SSSR count). The van der Waals surface area contributed by atoms with Crippen LogP contribution in [0, 0.1) is 0 Å². The van der Waals surface area contributed by atoms with Crippen molar-refractivity contribution in [3.05, 3.63) is 34.2 Å². The number of aryl methyl sites for hydroxylation is 2. The molecule has 0 saturated carbocycles. The van der Waals surface area contributed by atoms with Gasteiger partial charge in [-0.3, -0.25) is 0 Å². The number of furan rings is 1. The molecule has 0 aromatic carbocycles. The van der Waals surface area contributed by atoms with Crippen LogP contribution in [0.3, 0.4) is 0 Å². The summed E-state index contributed by atoms with van der Waals surface area (Å²) in [6, 6.07) is 3.88. The van der Waals surface area contributed by atoms with E-state index in [1.54, 1.807) is 24.7 Å². The highest BCUT2D eigenvalue weighted by Gasteiger charge is 2.05. The standard InChI is InChI=1S/C12H17N3O2S/c1-16-8-6-13-9-12-15-14-11(18-12)5-4-10-3-2-7-17-10/h2-3,7,13H,4-6,8-9H2,1H3. The van der Waals surface area contributed by atoms with Crippen molar-refractivity contribution in [3.8, 4) is 0 Å². The van der Waals surface area contributed by atoms with Gasteiger partial charge in [-0.05, 0) is 12.1 Å². The molecule has 0 spiro atoms. The molecule has 0 amide bonds. The Morgan fingerprint density at radius 3 is 3.00 bits per heavy atom. The van der Waals surface area contributed by atoms with Crippen molar-refractivity contribution in [1.82, 2.24) is 15.5 Å². The Morgan fingerprint density at radius 1 is 1.33 bits per heavy atom. The van der Waals surface area contributed by atoms with Crippen molar-refractivity contribution in [3.63, 3.8) is 0 Å². The molecule has 0 aliphatic rings.